The lowest BCUT2D eigenvalue weighted by molar-refractivity contribution is 0.0235. The van der Waals surface area contributed by atoms with Crippen molar-refractivity contribution in [1.82, 2.24) is 10.2 Å². The first-order chi connectivity index (χ1) is 11.6. The molecule has 2 saturated heterocycles. The molecule has 2 aliphatic rings. The number of carbonyl (C=O) groups excluding carboxylic acids is 2. The fourth-order valence-corrected chi connectivity index (χ4v) is 3.76. The van der Waals surface area contributed by atoms with Crippen LogP contribution in [0.5, 0.6) is 0 Å². The fourth-order valence-electron chi connectivity index (χ4n) is 3.76. The summed E-state index contributed by atoms with van der Waals surface area (Å²) in [6, 6.07) is 5.52. The van der Waals surface area contributed by atoms with Crippen LogP contribution in [0.3, 0.4) is 0 Å². The molecule has 2 amide bonds. The molecule has 2 heterocycles. The molecule has 0 bridgehead atoms. The number of nitrogens with zero attached hydrogens (tertiary/aromatic N) is 1. The molecular weight excluding hydrogens is 311 g/mol. The molecule has 24 heavy (non-hydrogen) atoms. The summed E-state index contributed by atoms with van der Waals surface area (Å²) in [6.45, 7) is 2.61. The highest BCUT2D eigenvalue weighted by Gasteiger charge is 2.33. The minimum atomic E-state index is -0.739. The highest BCUT2D eigenvalue weighted by Crippen LogP contribution is 2.30. The van der Waals surface area contributed by atoms with E-state index >= 15 is 0 Å². The Balaban J connectivity index is 1.48. The number of nitrogens with one attached hydrogen (secondary N) is 1. The summed E-state index contributed by atoms with van der Waals surface area (Å²) in [5, 5.41) is 2.19. The largest absolute Gasteiger partial charge is 0.449 e. The van der Waals surface area contributed by atoms with Crippen LogP contribution in [0.25, 0.3) is 0 Å². The molecule has 0 spiro atoms. The Morgan fingerprint density at radius 1 is 1.12 bits per heavy atom. The molecule has 2 fully saturated rings. The number of ether oxygens (including phenoxy) is 1. The van der Waals surface area contributed by atoms with E-state index in [1.807, 2.05) is 0 Å². The minimum Gasteiger partial charge on any atom is -0.449 e. The lowest BCUT2D eigenvalue weighted by Crippen LogP contribution is -2.49. The van der Waals surface area contributed by atoms with Crippen LogP contribution in [-0.2, 0) is 4.74 Å². The lowest BCUT2D eigenvalue weighted by Gasteiger charge is -2.44. The predicted octanol–water partition coefficient (Wildman–Crippen LogP) is 2.96. The number of rotatable bonds is 3. The van der Waals surface area contributed by atoms with Crippen molar-refractivity contribution >= 4 is 12.0 Å². The van der Waals surface area contributed by atoms with Gasteiger partial charge in [-0.2, -0.15) is 0 Å². The van der Waals surface area contributed by atoms with E-state index in [1.54, 1.807) is 0 Å². The lowest BCUT2D eigenvalue weighted by atomic mass is 9.84. The molecule has 5 nitrogen and oxygen atoms in total. The molecule has 1 N–H and O–H groups in total. The molecule has 1 aromatic rings. The molecule has 130 valence electrons. The topological polar surface area (TPSA) is 58.6 Å². The zero-order valence-electron chi connectivity index (χ0n) is 13.7. The zero-order valence-corrected chi connectivity index (χ0v) is 13.7. The van der Waals surface area contributed by atoms with Crippen LogP contribution in [0.15, 0.2) is 24.3 Å². The number of carbonyl (C=O) groups is 2. The molecule has 1 aromatic carbocycles. The molecule has 3 rings (SSSR count). The van der Waals surface area contributed by atoms with Gasteiger partial charge in [-0.25, -0.2) is 9.18 Å². The van der Waals surface area contributed by atoms with Gasteiger partial charge in [-0.05, 0) is 63.0 Å². The maximum atomic E-state index is 12.8. The Morgan fingerprint density at radius 3 is 2.67 bits per heavy atom. The van der Waals surface area contributed by atoms with Crippen LogP contribution < -0.4 is 5.32 Å². The summed E-state index contributed by atoms with van der Waals surface area (Å²) in [5.74, 6) is -0.669. The average molecular weight is 334 g/mol. The van der Waals surface area contributed by atoms with Crippen LogP contribution >= 0.6 is 0 Å². The Kier molecular flexibility index (Phi) is 5.45. The SMILES string of the molecule is O=C(NC(=O)c1ccc(F)cc1)OC[C@@H]1CCCN2CCCCC12. The van der Waals surface area contributed by atoms with Crippen molar-refractivity contribution < 1.29 is 18.7 Å². The highest BCUT2D eigenvalue weighted by atomic mass is 19.1. The number of amides is 2. The molecule has 0 aromatic heterocycles. The first kappa shape index (κ1) is 16.9. The van der Waals surface area contributed by atoms with E-state index in [2.05, 4.69) is 10.2 Å². The number of halogens is 1. The molecule has 2 atom stereocenters. The monoisotopic (exact) mass is 334 g/mol. The van der Waals surface area contributed by atoms with Gasteiger partial charge in [-0.1, -0.05) is 6.42 Å². The third-order valence-corrected chi connectivity index (χ3v) is 4.98. The van der Waals surface area contributed by atoms with Gasteiger partial charge in [0.15, 0.2) is 0 Å². The van der Waals surface area contributed by atoms with E-state index < -0.39 is 17.8 Å². The smallest absolute Gasteiger partial charge is 0.414 e. The third kappa shape index (κ3) is 4.12. The van der Waals surface area contributed by atoms with Gasteiger partial charge >= 0.3 is 6.09 Å². The molecule has 0 radical (unpaired) electrons. The van der Waals surface area contributed by atoms with Crippen molar-refractivity contribution in [2.24, 2.45) is 5.92 Å². The summed E-state index contributed by atoms with van der Waals surface area (Å²) < 4.78 is 18.1. The number of imide groups is 1. The first-order valence-corrected chi connectivity index (χ1v) is 8.61. The zero-order chi connectivity index (χ0) is 16.9. The van der Waals surface area contributed by atoms with Gasteiger partial charge in [-0.3, -0.25) is 15.0 Å². The summed E-state index contributed by atoms with van der Waals surface area (Å²) in [7, 11) is 0. The van der Waals surface area contributed by atoms with Crippen molar-refractivity contribution in [2.75, 3.05) is 19.7 Å². The molecule has 0 saturated carbocycles. The van der Waals surface area contributed by atoms with Gasteiger partial charge in [-0.15, -0.1) is 0 Å². The average Bonchev–Trinajstić information content (AvgIpc) is 2.60. The Morgan fingerprint density at radius 2 is 1.88 bits per heavy atom. The number of benzene rings is 1. The van der Waals surface area contributed by atoms with Gasteiger partial charge < -0.3 is 4.74 Å². The van der Waals surface area contributed by atoms with Crippen LogP contribution in [0.1, 0.15) is 42.5 Å². The van der Waals surface area contributed by atoms with Crippen LogP contribution in [-0.4, -0.2) is 42.6 Å². The quantitative estimate of drug-likeness (QED) is 0.923. The molecule has 6 heteroatoms. The summed E-state index contributed by atoms with van der Waals surface area (Å²) in [4.78, 5) is 26.3. The van der Waals surface area contributed by atoms with Gasteiger partial charge in [0.2, 0.25) is 0 Å². The van der Waals surface area contributed by atoms with Crippen molar-refractivity contribution in [2.45, 2.75) is 38.1 Å². The molecule has 1 unspecified atom stereocenters. The summed E-state index contributed by atoms with van der Waals surface area (Å²) >= 11 is 0. The maximum absolute atomic E-state index is 12.8. The Labute approximate surface area is 141 Å². The summed E-state index contributed by atoms with van der Waals surface area (Å²) in [5.41, 5.74) is 0.226. The highest BCUT2D eigenvalue weighted by molar-refractivity contribution is 6.02. The Hall–Kier alpha value is -1.95. The fraction of sp³-hybridized carbons (Fsp3) is 0.556. The normalized spacial score (nSPS) is 24.0. The number of fused-ring (bicyclic) bond motifs is 1. The van der Waals surface area contributed by atoms with Gasteiger partial charge in [0.05, 0.1) is 6.61 Å². The van der Waals surface area contributed by atoms with Crippen molar-refractivity contribution in [3.05, 3.63) is 35.6 Å². The number of hydrogen-bond donors (Lipinski definition) is 1. The number of piperidine rings is 2. The van der Waals surface area contributed by atoms with Crippen molar-refractivity contribution in [1.29, 1.82) is 0 Å². The molecular formula is C18H23FN2O3. The van der Waals surface area contributed by atoms with E-state index in [0.29, 0.717) is 18.6 Å². The second kappa shape index (κ2) is 7.75. The second-order valence-corrected chi connectivity index (χ2v) is 6.56. The predicted molar refractivity (Wildman–Crippen MR) is 87.2 cm³/mol. The van der Waals surface area contributed by atoms with Gasteiger partial charge in [0.1, 0.15) is 5.82 Å². The second-order valence-electron chi connectivity index (χ2n) is 6.56. The van der Waals surface area contributed by atoms with Crippen molar-refractivity contribution in [3.63, 3.8) is 0 Å². The number of hydrogen-bond acceptors (Lipinski definition) is 4. The molecule has 0 aliphatic carbocycles. The van der Waals surface area contributed by atoms with Crippen LogP contribution in [0, 0.1) is 11.7 Å². The van der Waals surface area contributed by atoms with Crippen molar-refractivity contribution in [3.8, 4) is 0 Å². The van der Waals surface area contributed by atoms with Gasteiger partial charge in [0.25, 0.3) is 5.91 Å². The van der Waals surface area contributed by atoms with E-state index in [0.717, 1.165) is 32.4 Å². The Bertz CT molecular complexity index is 588. The minimum absolute atomic E-state index is 0.226. The van der Waals surface area contributed by atoms with E-state index in [4.69, 9.17) is 4.74 Å². The van der Waals surface area contributed by atoms with E-state index in [1.165, 1.54) is 37.1 Å². The summed E-state index contributed by atoms with van der Waals surface area (Å²) in [6.07, 6.45) is 5.08. The van der Waals surface area contributed by atoms with E-state index in [-0.39, 0.29) is 5.56 Å². The van der Waals surface area contributed by atoms with Gasteiger partial charge in [0, 0.05) is 17.5 Å². The number of alkyl carbamates (subject to hydrolysis) is 1. The third-order valence-electron chi connectivity index (χ3n) is 4.98. The first-order valence-electron chi connectivity index (χ1n) is 8.61. The maximum Gasteiger partial charge on any atom is 0.414 e. The van der Waals surface area contributed by atoms with E-state index in [9.17, 15) is 14.0 Å². The molecule has 2 aliphatic heterocycles. The van der Waals surface area contributed by atoms with Crippen LogP contribution in [0.2, 0.25) is 0 Å². The van der Waals surface area contributed by atoms with Crippen LogP contribution in [0.4, 0.5) is 9.18 Å². The standard InChI is InChI=1S/C18H23FN2O3/c19-15-8-6-13(7-9-15)17(22)20-18(23)24-12-14-4-3-11-21-10-2-1-5-16(14)21/h6-9,14,16H,1-5,10-12H2,(H,20,22,23)/t14-,16?/m0/s1.